The van der Waals surface area contributed by atoms with E-state index in [9.17, 15) is 18.8 Å². The lowest BCUT2D eigenvalue weighted by Gasteiger charge is -2.14. The van der Waals surface area contributed by atoms with Crippen LogP contribution in [0.1, 0.15) is 25.3 Å². The number of amides is 3. The van der Waals surface area contributed by atoms with Gasteiger partial charge in [-0.3, -0.25) is 14.4 Å². The van der Waals surface area contributed by atoms with Crippen LogP contribution >= 0.6 is 22.6 Å². The van der Waals surface area contributed by atoms with E-state index in [1.807, 2.05) is 22.6 Å². The smallest absolute Gasteiger partial charge is 0.329 e. The summed E-state index contributed by atoms with van der Waals surface area (Å²) in [5, 5.41) is 8.97. The summed E-state index contributed by atoms with van der Waals surface area (Å²) in [5.41, 5.74) is 3.20. The number of rotatable bonds is 10. The summed E-state index contributed by atoms with van der Waals surface area (Å²) in [4.78, 5) is 36.1. The summed E-state index contributed by atoms with van der Waals surface area (Å²) in [6.07, 6.45) is 3.08. The maximum absolute atomic E-state index is 13.0. The van der Waals surface area contributed by atoms with E-state index < -0.39 is 23.5 Å². The number of hydrazone groups is 1. The molecule has 1 atom stereocenters. The molecule has 3 amide bonds. The number of nitrogens with zero attached hydrogens (tertiary/aromatic N) is 1. The summed E-state index contributed by atoms with van der Waals surface area (Å²) < 4.78 is 30.4. The number of nitrogens with one attached hydrogen (secondary N) is 3. The molecule has 192 valence electrons. The fourth-order valence-electron chi connectivity index (χ4n) is 3.24. The lowest BCUT2D eigenvalue weighted by atomic mass is 10.2. The van der Waals surface area contributed by atoms with Gasteiger partial charge in [-0.1, -0.05) is 0 Å². The van der Waals surface area contributed by atoms with Gasteiger partial charge in [-0.2, -0.15) is 5.10 Å². The summed E-state index contributed by atoms with van der Waals surface area (Å²) >= 11 is 2.03. The van der Waals surface area contributed by atoms with Gasteiger partial charge in [-0.15, -0.1) is 0 Å². The van der Waals surface area contributed by atoms with E-state index in [0.717, 1.165) is 12.8 Å². The minimum Gasteiger partial charge on any atom is -0.490 e. The van der Waals surface area contributed by atoms with Crippen molar-refractivity contribution in [2.24, 2.45) is 5.10 Å². The zero-order chi connectivity index (χ0) is 25.9. The van der Waals surface area contributed by atoms with Crippen LogP contribution in [-0.4, -0.2) is 56.4 Å². The van der Waals surface area contributed by atoms with Crippen molar-refractivity contribution in [3.8, 4) is 11.5 Å². The lowest BCUT2D eigenvalue weighted by molar-refractivity contribution is -0.139. The van der Waals surface area contributed by atoms with Crippen molar-refractivity contribution < 1.29 is 33.0 Å². The number of anilines is 1. The van der Waals surface area contributed by atoms with Crippen molar-refractivity contribution >= 4 is 52.2 Å². The van der Waals surface area contributed by atoms with Gasteiger partial charge in [0.1, 0.15) is 5.82 Å². The Kier molecular flexibility index (Phi) is 10.4. The molecule has 10 nitrogen and oxygen atoms in total. The Labute approximate surface area is 221 Å². The van der Waals surface area contributed by atoms with Crippen molar-refractivity contribution in [1.29, 1.82) is 0 Å². The standard InChI is InChI=1S/C24H26FIN4O6/c1-2-34-20-11-15(12-28-30-24(33)23(32)27-13-18-4-3-9-35-18)10-19(26)22(20)36-14-21(31)29-17-7-5-16(25)6-8-17/h5-8,10-12,18H,2-4,9,13-14H2,1H3,(H,27,32)(H,29,31)(H,30,33)/b28-12-/t18-/m0/s1. The highest BCUT2D eigenvalue weighted by molar-refractivity contribution is 14.1. The van der Waals surface area contributed by atoms with E-state index in [0.29, 0.717) is 39.5 Å². The summed E-state index contributed by atoms with van der Waals surface area (Å²) in [7, 11) is 0. The summed E-state index contributed by atoms with van der Waals surface area (Å²) in [6, 6.07) is 8.72. The first-order valence-electron chi connectivity index (χ1n) is 11.2. The Morgan fingerprint density at radius 2 is 1.97 bits per heavy atom. The zero-order valence-electron chi connectivity index (χ0n) is 19.5. The molecule has 0 unspecified atom stereocenters. The molecule has 2 aromatic rings. The van der Waals surface area contributed by atoms with Gasteiger partial charge in [0.05, 0.1) is 22.5 Å². The molecule has 12 heteroatoms. The van der Waals surface area contributed by atoms with Crippen LogP contribution < -0.4 is 25.5 Å². The fraction of sp³-hybridized carbons (Fsp3) is 0.333. The number of hydrogen-bond donors (Lipinski definition) is 3. The van der Waals surface area contributed by atoms with E-state index >= 15 is 0 Å². The highest BCUT2D eigenvalue weighted by Gasteiger charge is 2.19. The Hall–Kier alpha value is -3.26. The van der Waals surface area contributed by atoms with Crippen LogP contribution in [0.2, 0.25) is 0 Å². The molecular weight excluding hydrogens is 586 g/mol. The molecule has 0 aliphatic carbocycles. The first kappa shape index (κ1) is 27.3. The molecule has 36 heavy (non-hydrogen) atoms. The maximum Gasteiger partial charge on any atom is 0.329 e. The minimum atomic E-state index is -0.893. The highest BCUT2D eigenvalue weighted by atomic mass is 127. The molecule has 1 heterocycles. The second kappa shape index (κ2) is 13.7. The molecule has 0 aromatic heterocycles. The normalized spacial score (nSPS) is 14.9. The number of ether oxygens (including phenoxy) is 3. The fourth-order valence-corrected chi connectivity index (χ4v) is 4.02. The quantitative estimate of drug-likeness (QED) is 0.164. The van der Waals surface area contributed by atoms with Crippen molar-refractivity contribution in [3.05, 3.63) is 51.3 Å². The van der Waals surface area contributed by atoms with Crippen molar-refractivity contribution in [2.75, 3.05) is 31.7 Å². The zero-order valence-corrected chi connectivity index (χ0v) is 21.7. The van der Waals surface area contributed by atoms with Crippen LogP contribution in [0, 0.1) is 9.39 Å². The monoisotopic (exact) mass is 612 g/mol. The molecule has 2 aromatic carbocycles. The van der Waals surface area contributed by atoms with E-state index in [4.69, 9.17) is 14.2 Å². The highest BCUT2D eigenvalue weighted by Crippen LogP contribution is 2.34. The van der Waals surface area contributed by atoms with E-state index in [-0.39, 0.29) is 19.3 Å². The summed E-state index contributed by atoms with van der Waals surface area (Å²) in [5.74, 6) is -1.78. The topological polar surface area (TPSA) is 127 Å². The molecule has 1 aliphatic heterocycles. The van der Waals surface area contributed by atoms with Gasteiger partial charge in [0.25, 0.3) is 5.91 Å². The Bertz CT molecular complexity index is 1110. The van der Waals surface area contributed by atoms with Crippen LogP contribution in [0.4, 0.5) is 10.1 Å². The van der Waals surface area contributed by atoms with Gasteiger partial charge in [0.15, 0.2) is 18.1 Å². The van der Waals surface area contributed by atoms with Gasteiger partial charge < -0.3 is 24.8 Å². The molecule has 1 saturated heterocycles. The van der Waals surface area contributed by atoms with Crippen LogP contribution in [0.15, 0.2) is 41.5 Å². The number of benzene rings is 2. The second-order valence-electron chi connectivity index (χ2n) is 7.65. The molecule has 1 aliphatic rings. The number of carbonyl (C=O) groups excluding carboxylic acids is 3. The van der Waals surface area contributed by atoms with Crippen LogP contribution in [-0.2, 0) is 19.1 Å². The lowest BCUT2D eigenvalue weighted by Crippen LogP contribution is -2.41. The van der Waals surface area contributed by atoms with E-state index in [1.54, 1.807) is 19.1 Å². The van der Waals surface area contributed by atoms with Gasteiger partial charge in [0, 0.05) is 18.8 Å². The Balaban J connectivity index is 1.55. The first-order chi connectivity index (χ1) is 17.4. The molecule has 3 rings (SSSR count). The molecule has 3 N–H and O–H groups in total. The van der Waals surface area contributed by atoms with Crippen molar-refractivity contribution in [2.45, 2.75) is 25.9 Å². The number of halogens is 2. The van der Waals surface area contributed by atoms with Crippen LogP contribution in [0.3, 0.4) is 0 Å². The third-order valence-corrected chi connectivity index (χ3v) is 5.71. The molecule has 0 saturated carbocycles. The van der Waals surface area contributed by atoms with E-state index in [2.05, 4.69) is 21.2 Å². The van der Waals surface area contributed by atoms with Gasteiger partial charge in [-0.05, 0) is 84.3 Å². The SMILES string of the molecule is CCOc1cc(/C=N\NC(=O)C(=O)NC[C@@H]2CCCO2)cc(I)c1OCC(=O)Nc1ccc(F)cc1. The maximum atomic E-state index is 13.0. The van der Waals surface area contributed by atoms with Gasteiger partial charge in [-0.25, -0.2) is 9.82 Å². The molecule has 0 radical (unpaired) electrons. The van der Waals surface area contributed by atoms with Crippen LogP contribution in [0.25, 0.3) is 0 Å². The minimum absolute atomic E-state index is 0.0703. The molecule has 1 fully saturated rings. The van der Waals surface area contributed by atoms with Gasteiger partial charge in [0.2, 0.25) is 0 Å². The molecule has 0 spiro atoms. The number of carbonyl (C=O) groups is 3. The van der Waals surface area contributed by atoms with E-state index in [1.165, 1.54) is 30.5 Å². The summed E-state index contributed by atoms with van der Waals surface area (Å²) in [6.45, 7) is 2.78. The number of hydrogen-bond acceptors (Lipinski definition) is 7. The van der Waals surface area contributed by atoms with Gasteiger partial charge >= 0.3 is 11.8 Å². The average molecular weight is 612 g/mol. The van der Waals surface area contributed by atoms with Crippen molar-refractivity contribution in [1.82, 2.24) is 10.7 Å². The van der Waals surface area contributed by atoms with Crippen LogP contribution in [0.5, 0.6) is 11.5 Å². The first-order valence-corrected chi connectivity index (χ1v) is 12.3. The molecular formula is C24H26FIN4O6. The Morgan fingerprint density at radius 3 is 2.67 bits per heavy atom. The average Bonchev–Trinajstić information content (AvgIpc) is 3.37. The Morgan fingerprint density at radius 1 is 1.19 bits per heavy atom. The predicted molar refractivity (Wildman–Crippen MR) is 139 cm³/mol. The van der Waals surface area contributed by atoms with Crippen molar-refractivity contribution in [3.63, 3.8) is 0 Å². The third kappa shape index (κ3) is 8.45. The third-order valence-electron chi connectivity index (χ3n) is 4.91. The predicted octanol–water partition coefficient (Wildman–Crippen LogP) is 2.59. The molecule has 0 bridgehead atoms. The largest absolute Gasteiger partial charge is 0.490 e. The second-order valence-corrected chi connectivity index (χ2v) is 8.81.